The molecule has 0 radical (unpaired) electrons. The fraction of sp³-hybridized carbons (Fsp3) is 1.00. The van der Waals surface area contributed by atoms with Crippen LogP contribution in [0.3, 0.4) is 0 Å². The Morgan fingerprint density at radius 1 is 0.783 bits per heavy atom. The maximum atomic E-state index is 5.57. The molecule has 1 atom stereocenters. The molecule has 0 aromatic carbocycles. The SMILES string of the molecule is NCCCC[C@H]1CNCCNCCNCCNCCN1.[Cl][Mn][Cl]. The molecule has 1 heterocycles. The first kappa shape index (κ1) is 23.9. The Morgan fingerprint density at radius 3 is 1.78 bits per heavy atom. The zero-order valence-corrected chi connectivity index (χ0v) is 16.7. The average molecular weight is 412 g/mol. The van der Waals surface area contributed by atoms with Crippen molar-refractivity contribution >= 4 is 20.2 Å². The van der Waals surface area contributed by atoms with Gasteiger partial charge in [0.25, 0.3) is 0 Å². The van der Waals surface area contributed by atoms with Crippen LogP contribution in [0.1, 0.15) is 19.3 Å². The van der Waals surface area contributed by atoms with Crippen LogP contribution in [0.2, 0.25) is 0 Å². The molecule has 0 saturated carbocycles. The molecule has 1 saturated heterocycles. The molecular formula is C14H34Cl2MnN6. The molecule has 0 aromatic heterocycles. The molecule has 7 N–H and O–H groups in total. The Kier molecular flexibility index (Phi) is 21.7. The van der Waals surface area contributed by atoms with Gasteiger partial charge in [0, 0.05) is 64.9 Å². The number of halogens is 2. The van der Waals surface area contributed by atoms with E-state index in [0.717, 1.165) is 71.9 Å². The molecule has 0 amide bonds. The van der Waals surface area contributed by atoms with Gasteiger partial charge in [-0.25, -0.2) is 0 Å². The number of nitrogens with two attached hydrogens (primary N) is 1. The molecule has 0 spiro atoms. The van der Waals surface area contributed by atoms with Gasteiger partial charge < -0.3 is 32.3 Å². The summed E-state index contributed by atoms with van der Waals surface area (Å²) in [6.45, 7) is 10.2. The molecule has 1 fully saturated rings. The quantitative estimate of drug-likeness (QED) is 0.284. The fourth-order valence-electron chi connectivity index (χ4n) is 2.36. The van der Waals surface area contributed by atoms with Crippen LogP contribution in [0, 0.1) is 0 Å². The van der Waals surface area contributed by atoms with Gasteiger partial charge in [0.2, 0.25) is 0 Å². The minimum absolute atomic E-state index is 0.00694. The van der Waals surface area contributed by atoms with Crippen LogP contribution >= 0.6 is 20.2 Å². The van der Waals surface area contributed by atoms with Crippen LogP contribution in [-0.2, 0) is 13.1 Å². The summed E-state index contributed by atoms with van der Waals surface area (Å²) in [5, 5.41) is 17.5. The summed E-state index contributed by atoms with van der Waals surface area (Å²) >= 11 is 0.00694. The fourth-order valence-corrected chi connectivity index (χ4v) is 2.36. The standard InChI is InChI=1S/C14H34N6.2ClH.Mn/c15-4-2-1-3-14-13-19-10-9-17-6-5-16-7-8-18-11-12-20-14;;;/h14,16-20H,1-13,15H2;2*1H;/q;;;+2/p-2/t14-;;;/m0.../s1. The van der Waals surface area contributed by atoms with Gasteiger partial charge in [0.05, 0.1) is 0 Å². The van der Waals surface area contributed by atoms with Crippen molar-refractivity contribution in [1.29, 1.82) is 0 Å². The first-order valence-electron chi connectivity index (χ1n) is 8.48. The summed E-state index contributed by atoms with van der Waals surface area (Å²) in [6, 6.07) is 0.562. The van der Waals surface area contributed by atoms with Crippen molar-refractivity contribution in [2.45, 2.75) is 25.3 Å². The third kappa shape index (κ3) is 19.0. The van der Waals surface area contributed by atoms with Crippen LogP contribution in [-0.4, -0.2) is 71.5 Å². The molecule has 1 aliphatic rings. The van der Waals surface area contributed by atoms with Gasteiger partial charge >= 0.3 is 33.3 Å². The summed E-state index contributed by atoms with van der Waals surface area (Å²) in [5.74, 6) is 0. The summed E-state index contributed by atoms with van der Waals surface area (Å²) in [5.41, 5.74) is 5.57. The maximum absolute atomic E-state index is 5.57. The molecule has 0 unspecified atom stereocenters. The summed E-state index contributed by atoms with van der Waals surface area (Å²) in [4.78, 5) is 0. The van der Waals surface area contributed by atoms with Gasteiger partial charge in [-0.1, -0.05) is 6.42 Å². The molecule has 1 aliphatic heterocycles. The Bertz CT molecular complexity index is 213. The predicted octanol–water partition coefficient (Wildman–Crippen LogP) is -0.178. The van der Waals surface area contributed by atoms with E-state index in [-0.39, 0.29) is 13.1 Å². The molecule has 0 aliphatic carbocycles. The molecule has 1 rings (SSSR count). The van der Waals surface area contributed by atoms with Crippen molar-refractivity contribution in [2.24, 2.45) is 5.73 Å². The minimum atomic E-state index is 0.00694. The number of hydrogen-bond donors (Lipinski definition) is 6. The first-order valence-corrected chi connectivity index (χ1v) is 11.7. The zero-order valence-electron chi connectivity index (χ0n) is 14.0. The number of hydrogen-bond acceptors (Lipinski definition) is 6. The van der Waals surface area contributed by atoms with Crippen molar-refractivity contribution < 1.29 is 13.1 Å². The molecular weight excluding hydrogens is 378 g/mol. The van der Waals surface area contributed by atoms with Crippen LogP contribution in [0.5, 0.6) is 0 Å². The van der Waals surface area contributed by atoms with Crippen LogP contribution < -0.4 is 32.3 Å². The van der Waals surface area contributed by atoms with E-state index in [2.05, 4.69) is 26.6 Å². The van der Waals surface area contributed by atoms with E-state index in [9.17, 15) is 0 Å². The number of nitrogens with one attached hydrogen (secondary N) is 5. The van der Waals surface area contributed by atoms with Crippen molar-refractivity contribution in [3.63, 3.8) is 0 Å². The van der Waals surface area contributed by atoms with E-state index < -0.39 is 0 Å². The van der Waals surface area contributed by atoms with Gasteiger partial charge in [-0.15, -0.1) is 0 Å². The Balaban J connectivity index is 0.00000149. The Morgan fingerprint density at radius 2 is 1.26 bits per heavy atom. The van der Waals surface area contributed by atoms with E-state index in [4.69, 9.17) is 25.9 Å². The average Bonchev–Trinajstić information content (AvgIpc) is 2.55. The van der Waals surface area contributed by atoms with E-state index in [0.29, 0.717) is 6.04 Å². The molecule has 141 valence electrons. The monoisotopic (exact) mass is 411 g/mol. The van der Waals surface area contributed by atoms with Crippen molar-refractivity contribution in [1.82, 2.24) is 26.6 Å². The van der Waals surface area contributed by atoms with Crippen molar-refractivity contribution in [3.8, 4) is 0 Å². The Hall–Kier alpha value is 0.859. The van der Waals surface area contributed by atoms with Gasteiger partial charge in [-0.2, -0.15) is 0 Å². The van der Waals surface area contributed by atoms with Crippen LogP contribution in [0.4, 0.5) is 0 Å². The van der Waals surface area contributed by atoms with E-state index in [1.54, 1.807) is 0 Å². The zero-order chi connectivity index (χ0) is 17.0. The predicted molar refractivity (Wildman–Crippen MR) is 97.9 cm³/mol. The number of rotatable bonds is 4. The van der Waals surface area contributed by atoms with Crippen molar-refractivity contribution in [3.05, 3.63) is 0 Å². The van der Waals surface area contributed by atoms with Crippen molar-refractivity contribution in [2.75, 3.05) is 65.4 Å². The van der Waals surface area contributed by atoms with Gasteiger partial charge in [-0.05, 0) is 19.4 Å². The van der Waals surface area contributed by atoms with Gasteiger partial charge in [0.1, 0.15) is 0 Å². The number of unbranched alkanes of at least 4 members (excludes halogenated alkanes) is 1. The normalized spacial score (nSPS) is 22.3. The molecule has 23 heavy (non-hydrogen) atoms. The van der Waals surface area contributed by atoms with E-state index in [1.165, 1.54) is 12.8 Å². The van der Waals surface area contributed by atoms with Crippen LogP contribution in [0.25, 0.3) is 0 Å². The third-order valence-electron chi connectivity index (χ3n) is 3.57. The summed E-state index contributed by atoms with van der Waals surface area (Å²) in [6.07, 6.45) is 3.55. The molecule has 6 nitrogen and oxygen atoms in total. The Labute approximate surface area is 156 Å². The van der Waals surface area contributed by atoms with Gasteiger partial charge in [-0.3, -0.25) is 0 Å². The van der Waals surface area contributed by atoms with Crippen LogP contribution in [0.15, 0.2) is 0 Å². The van der Waals surface area contributed by atoms with Gasteiger partial charge in [0.15, 0.2) is 0 Å². The molecule has 9 heteroatoms. The summed E-state index contributed by atoms with van der Waals surface area (Å²) in [7, 11) is 9.59. The second kappa shape index (κ2) is 20.9. The first-order chi connectivity index (χ1) is 11.3. The van der Waals surface area contributed by atoms with E-state index in [1.807, 2.05) is 0 Å². The molecule has 0 aromatic rings. The summed E-state index contributed by atoms with van der Waals surface area (Å²) < 4.78 is 0. The van der Waals surface area contributed by atoms with E-state index >= 15 is 0 Å². The third-order valence-corrected chi connectivity index (χ3v) is 3.57. The topological polar surface area (TPSA) is 86.2 Å². The molecule has 0 bridgehead atoms. The second-order valence-electron chi connectivity index (χ2n) is 5.44. The second-order valence-corrected chi connectivity index (χ2v) is 7.39.